The zero-order valence-electron chi connectivity index (χ0n) is 14.6. The molecule has 6 nitrogen and oxygen atoms in total. The summed E-state index contributed by atoms with van der Waals surface area (Å²) in [5.41, 5.74) is 0.968. The number of nitrogens with zero attached hydrogens (tertiary/aromatic N) is 3. The van der Waals surface area contributed by atoms with Gasteiger partial charge in [0.05, 0.1) is 5.69 Å². The van der Waals surface area contributed by atoms with E-state index in [2.05, 4.69) is 27.5 Å². The van der Waals surface area contributed by atoms with Gasteiger partial charge in [-0.15, -0.1) is 0 Å². The van der Waals surface area contributed by atoms with Crippen LogP contribution in [0.5, 0.6) is 0 Å². The molecule has 1 saturated carbocycles. The number of urea groups is 1. The van der Waals surface area contributed by atoms with E-state index in [0.29, 0.717) is 12.1 Å². The Morgan fingerprint density at radius 2 is 1.88 bits per heavy atom. The van der Waals surface area contributed by atoms with E-state index in [0.717, 1.165) is 44.5 Å². The number of likely N-dealkylation sites (tertiary alicyclic amines) is 1. The molecular formula is C18H29N5O. The molecule has 2 N–H and O–H groups in total. The maximum Gasteiger partial charge on any atom is 0.317 e. The molecule has 1 aromatic rings. The molecular weight excluding hydrogens is 302 g/mol. The van der Waals surface area contributed by atoms with Gasteiger partial charge >= 0.3 is 6.03 Å². The van der Waals surface area contributed by atoms with E-state index in [-0.39, 0.29) is 12.1 Å². The highest BCUT2D eigenvalue weighted by Crippen LogP contribution is 2.19. The Hall–Kier alpha value is -1.69. The largest absolute Gasteiger partial charge is 0.335 e. The van der Waals surface area contributed by atoms with E-state index in [1.807, 2.05) is 11.1 Å². The fourth-order valence-electron chi connectivity index (χ4n) is 3.74. The third-order valence-corrected chi connectivity index (χ3v) is 5.23. The lowest BCUT2D eigenvalue weighted by Gasteiger charge is -2.35. The van der Waals surface area contributed by atoms with Gasteiger partial charge < -0.3 is 15.5 Å². The number of carbonyl (C=O) groups is 1. The van der Waals surface area contributed by atoms with Gasteiger partial charge in [-0.3, -0.25) is 9.97 Å². The van der Waals surface area contributed by atoms with Crippen molar-refractivity contribution in [2.45, 2.75) is 70.0 Å². The summed E-state index contributed by atoms with van der Waals surface area (Å²) < 4.78 is 0. The average molecular weight is 331 g/mol. The van der Waals surface area contributed by atoms with Gasteiger partial charge in [0.15, 0.2) is 0 Å². The lowest BCUT2D eigenvalue weighted by molar-refractivity contribution is 0.168. The molecule has 1 aliphatic heterocycles. The predicted octanol–water partition coefficient (Wildman–Crippen LogP) is 2.63. The van der Waals surface area contributed by atoms with Gasteiger partial charge in [0.25, 0.3) is 0 Å². The van der Waals surface area contributed by atoms with Gasteiger partial charge in [0.2, 0.25) is 0 Å². The quantitative estimate of drug-likeness (QED) is 0.890. The molecule has 6 heteroatoms. The molecule has 2 aliphatic rings. The van der Waals surface area contributed by atoms with Crippen molar-refractivity contribution >= 4 is 6.03 Å². The van der Waals surface area contributed by atoms with Crippen LogP contribution >= 0.6 is 0 Å². The molecule has 2 heterocycles. The van der Waals surface area contributed by atoms with Gasteiger partial charge in [-0.25, -0.2) is 4.79 Å². The van der Waals surface area contributed by atoms with Crippen molar-refractivity contribution in [3.63, 3.8) is 0 Å². The van der Waals surface area contributed by atoms with E-state index < -0.39 is 0 Å². The van der Waals surface area contributed by atoms with Crippen molar-refractivity contribution in [1.29, 1.82) is 0 Å². The van der Waals surface area contributed by atoms with Crippen LogP contribution in [0.2, 0.25) is 0 Å². The lowest BCUT2D eigenvalue weighted by atomic mass is 9.95. The molecule has 1 atom stereocenters. The van der Waals surface area contributed by atoms with Crippen LogP contribution in [0.25, 0.3) is 0 Å². The smallest absolute Gasteiger partial charge is 0.317 e. The molecule has 132 valence electrons. The average Bonchev–Trinajstić information content (AvgIpc) is 2.64. The number of carbonyl (C=O) groups excluding carboxylic acids is 1. The van der Waals surface area contributed by atoms with Crippen molar-refractivity contribution in [1.82, 2.24) is 25.5 Å². The van der Waals surface area contributed by atoms with Gasteiger partial charge in [0, 0.05) is 49.8 Å². The van der Waals surface area contributed by atoms with Crippen LogP contribution in [0.4, 0.5) is 4.79 Å². The van der Waals surface area contributed by atoms with Crippen LogP contribution in [0.1, 0.15) is 63.6 Å². The molecule has 24 heavy (non-hydrogen) atoms. The van der Waals surface area contributed by atoms with Crippen molar-refractivity contribution in [3.8, 4) is 0 Å². The van der Waals surface area contributed by atoms with E-state index in [9.17, 15) is 4.79 Å². The van der Waals surface area contributed by atoms with Crippen LogP contribution in [-0.4, -0.2) is 46.1 Å². The third kappa shape index (κ3) is 4.66. The zero-order valence-corrected chi connectivity index (χ0v) is 14.6. The molecule has 0 radical (unpaired) electrons. The Balaban J connectivity index is 1.41. The van der Waals surface area contributed by atoms with Crippen molar-refractivity contribution in [2.75, 3.05) is 13.1 Å². The van der Waals surface area contributed by atoms with E-state index in [1.165, 1.54) is 19.3 Å². The first kappa shape index (κ1) is 17.1. The van der Waals surface area contributed by atoms with Crippen LogP contribution in [0, 0.1) is 0 Å². The fraction of sp³-hybridized carbons (Fsp3) is 0.722. The Morgan fingerprint density at radius 1 is 1.12 bits per heavy atom. The number of rotatable bonds is 4. The van der Waals surface area contributed by atoms with Gasteiger partial charge in [-0.1, -0.05) is 19.3 Å². The monoisotopic (exact) mass is 331 g/mol. The minimum absolute atomic E-state index is 0.127. The standard InChI is InChI=1S/C18H29N5O/c1-14(17-13-19-9-10-20-17)21-16-7-11-23(12-8-16)18(24)22-15-5-3-2-4-6-15/h9-10,13-16,21H,2-8,11-12H2,1H3,(H,22,24). The summed E-state index contributed by atoms with van der Waals surface area (Å²) in [4.78, 5) is 22.8. The number of nitrogens with one attached hydrogen (secondary N) is 2. The minimum Gasteiger partial charge on any atom is -0.335 e. The predicted molar refractivity (Wildman–Crippen MR) is 93.6 cm³/mol. The van der Waals surface area contributed by atoms with Crippen molar-refractivity contribution < 1.29 is 4.79 Å². The summed E-state index contributed by atoms with van der Waals surface area (Å²) in [7, 11) is 0. The molecule has 1 saturated heterocycles. The van der Waals surface area contributed by atoms with E-state index in [4.69, 9.17) is 0 Å². The van der Waals surface area contributed by atoms with Gasteiger partial charge in [-0.05, 0) is 32.6 Å². The molecule has 0 aromatic carbocycles. The highest BCUT2D eigenvalue weighted by Gasteiger charge is 2.25. The Bertz CT molecular complexity index is 509. The maximum absolute atomic E-state index is 12.4. The second-order valence-corrected chi connectivity index (χ2v) is 7.06. The van der Waals surface area contributed by atoms with Crippen LogP contribution in [0.3, 0.4) is 0 Å². The Morgan fingerprint density at radius 3 is 2.54 bits per heavy atom. The summed E-state index contributed by atoms with van der Waals surface area (Å²) in [6, 6.07) is 1.13. The number of aromatic nitrogens is 2. The summed E-state index contributed by atoms with van der Waals surface area (Å²) in [5, 5.41) is 6.83. The summed E-state index contributed by atoms with van der Waals surface area (Å²) in [6.07, 6.45) is 13.3. The van der Waals surface area contributed by atoms with Crippen LogP contribution < -0.4 is 10.6 Å². The topological polar surface area (TPSA) is 70.2 Å². The van der Waals surface area contributed by atoms with Gasteiger partial charge in [0.1, 0.15) is 0 Å². The SMILES string of the molecule is CC(NC1CCN(C(=O)NC2CCCCC2)CC1)c1cnccn1. The highest BCUT2D eigenvalue weighted by atomic mass is 16.2. The number of amides is 2. The maximum atomic E-state index is 12.4. The molecule has 3 rings (SSSR count). The van der Waals surface area contributed by atoms with Crippen molar-refractivity contribution in [2.24, 2.45) is 0 Å². The lowest BCUT2D eigenvalue weighted by Crippen LogP contribution is -2.51. The molecule has 1 aromatic heterocycles. The van der Waals surface area contributed by atoms with Crippen LogP contribution in [0.15, 0.2) is 18.6 Å². The summed E-state index contributed by atoms with van der Waals surface area (Å²) >= 11 is 0. The highest BCUT2D eigenvalue weighted by molar-refractivity contribution is 5.74. The second kappa shape index (κ2) is 8.42. The summed E-state index contributed by atoms with van der Waals surface area (Å²) in [5.74, 6) is 0. The molecule has 0 bridgehead atoms. The molecule has 1 unspecified atom stereocenters. The first-order chi connectivity index (χ1) is 11.7. The molecule has 1 aliphatic carbocycles. The van der Waals surface area contributed by atoms with Crippen LogP contribution in [-0.2, 0) is 0 Å². The molecule has 2 fully saturated rings. The molecule has 0 spiro atoms. The van der Waals surface area contributed by atoms with E-state index >= 15 is 0 Å². The third-order valence-electron chi connectivity index (χ3n) is 5.23. The minimum atomic E-state index is 0.127. The van der Waals surface area contributed by atoms with E-state index in [1.54, 1.807) is 12.4 Å². The second-order valence-electron chi connectivity index (χ2n) is 7.06. The number of hydrogen-bond donors (Lipinski definition) is 2. The number of hydrogen-bond acceptors (Lipinski definition) is 4. The fourth-order valence-corrected chi connectivity index (χ4v) is 3.74. The summed E-state index contributed by atoms with van der Waals surface area (Å²) in [6.45, 7) is 3.76. The molecule has 2 amide bonds. The van der Waals surface area contributed by atoms with Gasteiger partial charge in [-0.2, -0.15) is 0 Å². The zero-order chi connectivity index (χ0) is 16.8. The Labute approximate surface area is 144 Å². The first-order valence-corrected chi connectivity index (χ1v) is 9.30. The Kier molecular flexibility index (Phi) is 6.01. The normalized spacial score (nSPS) is 21.5. The first-order valence-electron chi connectivity index (χ1n) is 9.30. The number of piperidine rings is 1. The van der Waals surface area contributed by atoms with Crippen molar-refractivity contribution in [3.05, 3.63) is 24.3 Å².